The molecule has 0 amide bonds. The molecule has 0 unspecified atom stereocenters. The van der Waals surface area contributed by atoms with Crippen LogP contribution in [0.1, 0.15) is 33.6 Å². The Kier molecular flexibility index (Phi) is 26.3. The van der Waals surface area contributed by atoms with Crippen molar-refractivity contribution >= 4 is 29.8 Å². The number of hydrogen-bond donors (Lipinski definition) is 3. The van der Waals surface area contributed by atoms with Crippen LogP contribution in [0.2, 0.25) is 0 Å². The zero-order chi connectivity index (χ0) is 29.9. The second kappa shape index (κ2) is 26.7. The summed E-state index contributed by atoms with van der Waals surface area (Å²) in [5, 5.41) is 25.8. The van der Waals surface area contributed by atoms with Crippen molar-refractivity contribution in [2.45, 2.75) is 33.6 Å². The summed E-state index contributed by atoms with van der Waals surface area (Å²) in [5.74, 6) is -2.04. The molecule has 0 saturated heterocycles. The zero-order valence-corrected chi connectivity index (χ0v) is 23.1. The lowest BCUT2D eigenvalue weighted by Gasteiger charge is -2.21. The lowest BCUT2D eigenvalue weighted by molar-refractivity contribution is -0.151. The number of aliphatic hydroxyl groups excluding tert-OH is 3. The average Bonchev–Trinajstić information content (AvgIpc) is 2.87. The SMILES string of the molecule is CC(=O)OCCOC(=O)CCN(CCOC(C)=O)CCOC(C)=O.O=C(CCN(CCO)CCO)OCCO. The van der Waals surface area contributed by atoms with Crippen LogP contribution in [-0.4, -0.2) is 147 Å². The van der Waals surface area contributed by atoms with E-state index in [2.05, 4.69) is 9.47 Å². The molecule has 0 radical (unpaired) electrons. The molecule has 0 aliphatic rings. The van der Waals surface area contributed by atoms with Gasteiger partial charge < -0.3 is 39.0 Å². The highest BCUT2D eigenvalue weighted by Gasteiger charge is 2.11. The minimum Gasteiger partial charge on any atom is -0.465 e. The van der Waals surface area contributed by atoms with Crippen LogP contribution in [0.25, 0.3) is 0 Å². The largest absolute Gasteiger partial charge is 0.465 e. The summed E-state index contributed by atoms with van der Waals surface area (Å²) >= 11 is 0. The highest BCUT2D eigenvalue weighted by molar-refractivity contribution is 5.70. The molecule has 0 bridgehead atoms. The molecular weight excluding hydrogens is 524 g/mol. The minimum absolute atomic E-state index is 0.000686. The van der Waals surface area contributed by atoms with Gasteiger partial charge in [-0.3, -0.25) is 33.8 Å². The van der Waals surface area contributed by atoms with Crippen molar-refractivity contribution in [2.75, 3.05) is 92.1 Å². The van der Waals surface area contributed by atoms with E-state index < -0.39 is 11.9 Å². The Morgan fingerprint density at radius 2 is 0.821 bits per heavy atom. The summed E-state index contributed by atoms with van der Waals surface area (Å²) in [7, 11) is 0. The van der Waals surface area contributed by atoms with Crippen molar-refractivity contribution in [3.63, 3.8) is 0 Å². The van der Waals surface area contributed by atoms with E-state index >= 15 is 0 Å². The molecule has 0 spiro atoms. The Bertz CT molecular complexity index is 665. The summed E-state index contributed by atoms with van der Waals surface area (Å²) < 4.78 is 23.9. The number of esters is 5. The smallest absolute Gasteiger partial charge is 0.307 e. The summed E-state index contributed by atoms with van der Waals surface area (Å²) in [6.07, 6.45) is 0.306. The first-order chi connectivity index (χ1) is 18.5. The van der Waals surface area contributed by atoms with Gasteiger partial charge in [-0.2, -0.15) is 0 Å². The molecule has 228 valence electrons. The molecule has 39 heavy (non-hydrogen) atoms. The normalized spacial score (nSPS) is 10.4. The van der Waals surface area contributed by atoms with Gasteiger partial charge >= 0.3 is 29.8 Å². The van der Waals surface area contributed by atoms with Crippen molar-refractivity contribution in [3.8, 4) is 0 Å². The summed E-state index contributed by atoms with van der Waals surface area (Å²) in [4.78, 5) is 58.3. The lowest BCUT2D eigenvalue weighted by atomic mass is 10.3. The van der Waals surface area contributed by atoms with Crippen molar-refractivity contribution in [1.29, 1.82) is 0 Å². The predicted octanol–water partition coefficient (Wildman–Crippen LogP) is -1.89. The number of hydrogen-bond acceptors (Lipinski definition) is 15. The fraction of sp³-hybridized carbons (Fsp3) is 0.792. The van der Waals surface area contributed by atoms with Crippen LogP contribution in [0, 0.1) is 0 Å². The maximum absolute atomic E-state index is 11.6. The van der Waals surface area contributed by atoms with E-state index in [1.807, 2.05) is 4.90 Å². The number of aliphatic hydroxyl groups is 3. The lowest BCUT2D eigenvalue weighted by Crippen LogP contribution is -2.34. The second-order valence-corrected chi connectivity index (χ2v) is 7.82. The highest BCUT2D eigenvalue weighted by Crippen LogP contribution is 1.97. The molecule has 0 rings (SSSR count). The first-order valence-corrected chi connectivity index (χ1v) is 12.5. The number of carbonyl (C=O) groups excluding carboxylic acids is 5. The van der Waals surface area contributed by atoms with E-state index in [9.17, 15) is 24.0 Å². The number of rotatable bonds is 21. The van der Waals surface area contributed by atoms with Crippen molar-refractivity contribution < 1.29 is 63.0 Å². The standard InChI is InChI=1S/C15H25NO8.C9H19NO5/c1-12(17)21-8-6-16(7-9-22-13(2)18)5-4-15(20)24-11-10-23-14(3)19;11-5-3-10(4-6-12)2-1-9(14)15-8-7-13/h4-11H2,1-3H3;11-13H,1-8H2. The van der Waals surface area contributed by atoms with Gasteiger partial charge in [0, 0.05) is 60.0 Å². The Morgan fingerprint density at radius 1 is 0.462 bits per heavy atom. The van der Waals surface area contributed by atoms with Crippen LogP contribution in [0.15, 0.2) is 0 Å². The van der Waals surface area contributed by atoms with Gasteiger partial charge in [-0.05, 0) is 0 Å². The van der Waals surface area contributed by atoms with Gasteiger partial charge in [0.2, 0.25) is 0 Å². The first-order valence-electron chi connectivity index (χ1n) is 12.5. The van der Waals surface area contributed by atoms with Crippen molar-refractivity contribution in [3.05, 3.63) is 0 Å². The molecule has 15 heteroatoms. The zero-order valence-electron chi connectivity index (χ0n) is 23.1. The topological polar surface area (TPSA) is 199 Å². The van der Waals surface area contributed by atoms with Crippen molar-refractivity contribution in [2.24, 2.45) is 0 Å². The fourth-order valence-electron chi connectivity index (χ4n) is 2.73. The molecule has 0 fully saturated rings. The van der Waals surface area contributed by atoms with Crippen LogP contribution < -0.4 is 0 Å². The summed E-state index contributed by atoms with van der Waals surface area (Å²) in [5.41, 5.74) is 0. The predicted molar refractivity (Wildman–Crippen MR) is 135 cm³/mol. The third-order valence-electron chi connectivity index (χ3n) is 4.53. The molecule has 0 aliphatic heterocycles. The van der Waals surface area contributed by atoms with Crippen LogP contribution in [0.5, 0.6) is 0 Å². The van der Waals surface area contributed by atoms with Gasteiger partial charge in [-0.25, -0.2) is 0 Å². The van der Waals surface area contributed by atoms with Gasteiger partial charge in [-0.15, -0.1) is 0 Å². The van der Waals surface area contributed by atoms with Crippen LogP contribution in [0.3, 0.4) is 0 Å². The summed E-state index contributed by atoms with van der Waals surface area (Å²) in [6, 6.07) is 0. The van der Waals surface area contributed by atoms with Crippen LogP contribution >= 0.6 is 0 Å². The van der Waals surface area contributed by atoms with E-state index in [0.29, 0.717) is 39.3 Å². The number of ether oxygens (including phenoxy) is 5. The molecule has 0 aromatic heterocycles. The van der Waals surface area contributed by atoms with E-state index in [1.165, 1.54) is 20.8 Å². The molecule has 0 aromatic rings. The number of nitrogens with zero attached hydrogens (tertiary/aromatic N) is 2. The van der Waals surface area contributed by atoms with E-state index in [-0.39, 0.29) is 83.6 Å². The van der Waals surface area contributed by atoms with E-state index in [1.54, 1.807) is 4.90 Å². The Labute approximate surface area is 228 Å². The molecule has 0 atom stereocenters. The Morgan fingerprint density at radius 3 is 1.21 bits per heavy atom. The molecule has 0 aromatic carbocycles. The van der Waals surface area contributed by atoms with Gasteiger partial charge in [0.1, 0.15) is 33.0 Å². The van der Waals surface area contributed by atoms with Crippen LogP contribution in [0.4, 0.5) is 0 Å². The van der Waals surface area contributed by atoms with Crippen molar-refractivity contribution in [1.82, 2.24) is 9.80 Å². The third kappa shape index (κ3) is 29.6. The fourth-order valence-corrected chi connectivity index (χ4v) is 2.73. The Balaban J connectivity index is 0. The maximum Gasteiger partial charge on any atom is 0.307 e. The third-order valence-corrected chi connectivity index (χ3v) is 4.53. The minimum atomic E-state index is -0.438. The number of carbonyl (C=O) groups is 5. The molecular formula is C24H44N2O13. The van der Waals surface area contributed by atoms with Gasteiger partial charge in [0.15, 0.2) is 0 Å². The molecule has 0 aliphatic carbocycles. The van der Waals surface area contributed by atoms with Gasteiger partial charge in [-0.1, -0.05) is 0 Å². The highest BCUT2D eigenvalue weighted by atomic mass is 16.6. The van der Waals surface area contributed by atoms with Crippen LogP contribution in [-0.2, 0) is 47.7 Å². The molecule has 3 N–H and O–H groups in total. The molecule has 0 heterocycles. The first kappa shape index (κ1) is 38.3. The molecule has 0 saturated carbocycles. The summed E-state index contributed by atoms with van der Waals surface area (Å²) in [6.45, 7) is 6.53. The Hall–Kier alpha value is -2.85. The van der Waals surface area contributed by atoms with E-state index in [0.717, 1.165) is 0 Å². The monoisotopic (exact) mass is 568 g/mol. The second-order valence-electron chi connectivity index (χ2n) is 7.82. The maximum atomic E-state index is 11.6. The average molecular weight is 569 g/mol. The quantitative estimate of drug-likeness (QED) is 0.0788. The molecule has 15 nitrogen and oxygen atoms in total. The van der Waals surface area contributed by atoms with Gasteiger partial charge in [0.05, 0.1) is 32.7 Å². The van der Waals surface area contributed by atoms with Gasteiger partial charge in [0.25, 0.3) is 0 Å². The van der Waals surface area contributed by atoms with E-state index in [4.69, 9.17) is 29.5 Å².